The minimum absolute atomic E-state index is 0.0115. The van der Waals surface area contributed by atoms with Gasteiger partial charge in [0.25, 0.3) is 5.91 Å². The van der Waals surface area contributed by atoms with Gasteiger partial charge in [-0.25, -0.2) is 9.18 Å². The molecule has 0 aromatic heterocycles. The third kappa shape index (κ3) is 4.47. The van der Waals surface area contributed by atoms with E-state index in [1.54, 1.807) is 12.1 Å². The van der Waals surface area contributed by atoms with Gasteiger partial charge in [-0.1, -0.05) is 12.1 Å². The zero-order valence-electron chi connectivity index (χ0n) is 14.0. The summed E-state index contributed by atoms with van der Waals surface area (Å²) >= 11 is 0. The van der Waals surface area contributed by atoms with Crippen LogP contribution >= 0.6 is 0 Å². The van der Waals surface area contributed by atoms with Crippen LogP contribution in [0.15, 0.2) is 42.5 Å². The molecule has 1 atom stereocenters. The van der Waals surface area contributed by atoms with Crippen LogP contribution in [0, 0.1) is 5.82 Å². The fraction of sp³-hybridized carbons (Fsp3) is 0.222. The van der Waals surface area contributed by atoms with Gasteiger partial charge in [0.2, 0.25) is 0 Å². The lowest BCUT2D eigenvalue weighted by atomic mass is 10.2. The molecule has 0 saturated carbocycles. The number of para-hydroxylation sites is 1. The number of carbonyl (C=O) groups excluding carboxylic acids is 2. The minimum Gasteiger partial charge on any atom is -0.497 e. The normalized spacial score (nSPS) is 11.4. The molecule has 2 rings (SSSR count). The Morgan fingerprint density at radius 2 is 1.80 bits per heavy atom. The van der Waals surface area contributed by atoms with Crippen LogP contribution in [0.4, 0.5) is 10.1 Å². The number of nitrogens with one attached hydrogen (secondary N) is 1. The number of carbonyl (C=O) groups is 2. The van der Waals surface area contributed by atoms with Crippen LogP contribution in [0.1, 0.15) is 17.3 Å². The number of rotatable bonds is 6. The third-order valence-electron chi connectivity index (χ3n) is 3.41. The molecule has 1 N–H and O–H groups in total. The zero-order valence-corrected chi connectivity index (χ0v) is 14.0. The molecule has 6 nitrogen and oxygen atoms in total. The first-order valence-electron chi connectivity index (χ1n) is 7.44. The molecular formula is C18H18FNO5. The van der Waals surface area contributed by atoms with Crippen LogP contribution < -0.4 is 14.8 Å². The smallest absolute Gasteiger partial charge is 0.342 e. The van der Waals surface area contributed by atoms with Crippen molar-refractivity contribution in [3.63, 3.8) is 0 Å². The number of hydrogen-bond acceptors (Lipinski definition) is 5. The molecule has 2 aromatic carbocycles. The van der Waals surface area contributed by atoms with Gasteiger partial charge in [0.1, 0.15) is 22.9 Å². The van der Waals surface area contributed by atoms with E-state index in [9.17, 15) is 14.0 Å². The van der Waals surface area contributed by atoms with E-state index >= 15 is 0 Å². The Hall–Kier alpha value is -3.09. The summed E-state index contributed by atoms with van der Waals surface area (Å²) in [4.78, 5) is 24.3. The molecule has 0 bridgehead atoms. The molecule has 0 radical (unpaired) electrons. The molecule has 2 aromatic rings. The lowest BCUT2D eigenvalue weighted by molar-refractivity contribution is -0.123. The van der Waals surface area contributed by atoms with E-state index in [1.165, 1.54) is 51.5 Å². The van der Waals surface area contributed by atoms with E-state index in [4.69, 9.17) is 14.2 Å². The number of benzene rings is 2. The van der Waals surface area contributed by atoms with Crippen molar-refractivity contribution in [2.24, 2.45) is 0 Å². The maximum Gasteiger partial charge on any atom is 0.342 e. The first-order chi connectivity index (χ1) is 12.0. The van der Waals surface area contributed by atoms with Crippen LogP contribution in [-0.2, 0) is 9.53 Å². The SMILES string of the molecule is COc1ccc(C(=O)O[C@H](C)C(=O)Nc2ccccc2F)c(OC)c1. The second-order valence-corrected chi connectivity index (χ2v) is 5.08. The lowest BCUT2D eigenvalue weighted by Gasteiger charge is -2.15. The summed E-state index contributed by atoms with van der Waals surface area (Å²) in [5.41, 5.74) is 0.159. The van der Waals surface area contributed by atoms with Crippen LogP contribution in [0.25, 0.3) is 0 Å². The van der Waals surface area contributed by atoms with Crippen molar-refractivity contribution in [2.75, 3.05) is 19.5 Å². The molecule has 0 aliphatic rings. The van der Waals surface area contributed by atoms with Crippen LogP contribution in [0.2, 0.25) is 0 Å². The number of anilines is 1. The summed E-state index contributed by atoms with van der Waals surface area (Å²) in [5.74, 6) is -1.20. The maximum absolute atomic E-state index is 13.6. The molecule has 0 spiro atoms. The van der Waals surface area contributed by atoms with Gasteiger partial charge in [0.05, 0.1) is 19.9 Å². The monoisotopic (exact) mass is 347 g/mol. The molecule has 25 heavy (non-hydrogen) atoms. The van der Waals surface area contributed by atoms with E-state index in [2.05, 4.69) is 5.32 Å². The largest absolute Gasteiger partial charge is 0.497 e. The summed E-state index contributed by atoms with van der Waals surface area (Å²) in [7, 11) is 2.89. The second-order valence-electron chi connectivity index (χ2n) is 5.08. The van der Waals surface area contributed by atoms with Crippen molar-refractivity contribution in [1.29, 1.82) is 0 Å². The fourth-order valence-corrected chi connectivity index (χ4v) is 2.04. The van der Waals surface area contributed by atoms with Gasteiger partial charge in [0, 0.05) is 6.07 Å². The third-order valence-corrected chi connectivity index (χ3v) is 3.41. The molecule has 1 amide bonds. The maximum atomic E-state index is 13.6. The van der Waals surface area contributed by atoms with Gasteiger partial charge in [-0.05, 0) is 31.2 Å². The van der Waals surface area contributed by atoms with Crippen molar-refractivity contribution in [3.05, 3.63) is 53.8 Å². The zero-order chi connectivity index (χ0) is 18.4. The van der Waals surface area contributed by atoms with Gasteiger partial charge in [-0.2, -0.15) is 0 Å². The molecule has 7 heteroatoms. The summed E-state index contributed by atoms with van der Waals surface area (Å²) < 4.78 is 28.9. The number of methoxy groups -OCH3 is 2. The molecule has 132 valence electrons. The van der Waals surface area contributed by atoms with Gasteiger partial charge >= 0.3 is 5.97 Å². The highest BCUT2D eigenvalue weighted by Gasteiger charge is 2.22. The second kappa shape index (κ2) is 8.14. The van der Waals surface area contributed by atoms with Gasteiger partial charge in [0.15, 0.2) is 6.10 Å². The Morgan fingerprint density at radius 3 is 2.44 bits per heavy atom. The minimum atomic E-state index is -1.13. The summed E-state index contributed by atoms with van der Waals surface area (Å²) in [6, 6.07) is 10.3. The van der Waals surface area contributed by atoms with E-state index in [0.29, 0.717) is 5.75 Å². The first kappa shape index (κ1) is 18.3. The molecule has 0 unspecified atom stereocenters. The predicted molar refractivity (Wildman–Crippen MR) is 89.5 cm³/mol. The van der Waals surface area contributed by atoms with Crippen molar-refractivity contribution in [3.8, 4) is 11.5 Å². The van der Waals surface area contributed by atoms with Crippen molar-refractivity contribution in [2.45, 2.75) is 13.0 Å². The van der Waals surface area contributed by atoms with Crippen molar-refractivity contribution >= 4 is 17.6 Å². The van der Waals surface area contributed by atoms with Crippen LogP contribution in [0.5, 0.6) is 11.5 Å². The Bertz CT molecular complexity index is 778. The van der Waals surface area contributed by atoms with Gasteiger partial charge in [-0.15, -0.1) is 0 Å². The molecule has 0 aliphatic carbocycles. The summed E-state index contributed by atoms with van der Waals surface area (Å²) in [6.07, 6.45) is -1.13. The topological polar surface area (TPSA) is 73.9 Å². The number of hydrogen-bond donors (Lipinski definition) is 1. The quantitative estimate of drug-likeness (QED) is 0.813. The molecular weight excluding hydrogens is 329 g/mol. The predicted octanol–water partition coefficient (Wildman–Crippen LogP) is 3.03. The van der Waals surface area contributed by atoms with Gasteiger partial charge < -0.3 is 19.5 Å². The lowest BCUT2D eigenvalue weighted by Crippen LogP contribution is -2.30. The molecule has 0 heterocycles. The fourth-order valence-electron chi connectivity index (χ4n) is 2.04. The average molecular weight is 347 g/mol. The van der Waals surface area contributed by atoms with Gasteiger partial charge in [-0.3, -0.25) is 4.79 Å². The first-order valence-corrected chi connectivity index (χ1v) is 7.44. The Morgan fingerprint density at radius 1 is 1.08 bits per heavy atom. The number of esters is 1. The van der Waals surface area contributed by atoms with E-state index in [-0.39, 0.29) is 17.0 Å². The highest BCUT2D eigenvalue weighted by molar-refractivity contribution is 5.98. The number of halogens is 1. The standard InChI is InChI=1S/C18H18FNO5/c1-11(17(21)20-15-7-5-4-6-14(15)19)25-18(22)13-9-8-12(23-2)10-16(13)24-3/h4-11H,1-3H3,(H,20,21)/t11-/m1/s1. The Labute approximate surface area is 144 Å². The number of ether oxygens (including phenoxy) is 3. The van der Waals surface area contributed by atoms with Crippen LogP contribution in [-0.4, -0.2) is 32.2 Å². The molecule has 0 aliphatic heterocycles. The van der Waals surface area contributed by atoms with E-state index in [0.717, 1.165) is 0 Å². The summed E-state index contributed by atoms with van der Waals surface area (Å²) in [6.45, 7) is 1.39. The Balaban J connectivity index is 2.07. The average Bonchev–Trinajstić information content (AvgIpc) is 2.62. The van der Waals surface area contributed by atoms with E-state index in [1.807, 2.05) is 0 Å². The highest BCUT2D eigenvalue weighted by atomic mass is 19.1. The van der Waals surface area contributed by atoms with Crippen LogP contribution in [0.3, 0.4) is 0 Å². The molecule has 0 saturated heterocycles. The van der Waals surface area contributed by atoms with Crippen molar-refractivity contribution in [1.82, 2.24) is 0 Å². The molecule has 0 fully saturated rings. The highest BCUT2D eigenvalue weighted by Crippen LogP contribution is 2.25. The van der Waals surface area contributed by atoms with Crippen molar-refractivity contribution < 1.29 is 28.2 Å². The number of amides is 1. The van der Waals surface area contributed by atoms with E-state index < -0.39 is 23.8 Å². The summed E-state index contributed by atoms with van der Waals surface area (Å²) in [5, 5.41) is 2.37. The Kier molecular flexibility index (Phi) is 5.94.